The van der Waals surface area contributed by atoms with Crippen molar-refractivity contribution in [3.05, 3.63) is 365 Å². The zero-order valence-corrected chi connectivity index (χ0v) is 60.1. The summed E-state index contributed by atoms with van der Waals surface area (Å²) in [5.74, 6) is 0. The van der Waals surface area contributed by atoms with Gasteiger partial charge in [0, 0.05) is 112 Å². The standard InChI is InChI=1S/C53H31N5.C49H29N5/c1-3-13-41-39(11-1)49(40-12-2-4-14-42(40)50(41)48-26-18-34-17-16-33-10-7-29-55-52(33)53(34)58-48)47-27-22-38-31-36(20-24-45(38)57-47)35-19-23-44-37(30-35)21-25-46(56-44)43-15-5-8-32-9-6-28-54-51(32)43;1-4-30-5-2-24-50-47(30)41(7-1)46-23-18-40-29-36(16-21-44(40)53-46)35-15-20-42-39(28-35)17-22-43(52-42)37-12-10-34-27-38(13-11-33(34)26-37)45-19-14-32-9-8-31-6-3-25-51-48(31)49(32)54-45/h1-31H;1-29H. The van der Waals surface area contributed by atoms with E-state index in [1.165, 1.54) is 0 Å². The maximum absolute atomic E-state index is 5.33. The number of nitrogens with zero attached hydrogens (tertiary/aromatic N) is 10. The third-order valence-electron chi connectivity index (χ3n) is 22.0. The van der Waals surface area contributed by atoms with Gasteiger partial charge in [-0.1, -0.05) is 218 Å². The molecular weight excluding hydrogens is 1370 g/mol. The average Bonchev–Trinajstić information content (AvgIpc) is 0.745. The van der Waals surface area contributed by atoms with Crippen molar-refractivity contribution < 1.29 is 0 Å². The Hall–Kier alpha value is -15.3. The number of aromatic nitrogens is 10. The molecule has 0 radical (unpaired) electrons. The molecule has 10 heterocycles. The molecule has 0 unspecified atom stereocenters. The fourth-order valence-corrected chi connectivity index (χ4v) is 16.4. The Kier molecular flexibility index (Phi) is 15.0. The Labute approximate surface area is 641 Å². The minimum Gasteiger partial charge on any atom is -0.256 e. The summed E-state index contributed by atoms with van der Waals surface area (Å²) in [6, 6.07) is 119. The summed E-state index contributed by atoms with van der Waals surface area (Å²) in [6.45, 7) is 0. The van der Waals surface area contributed by atoms with Gasteiger partial charge in [0.1, 0.15) is 0 Å². The van der Waals surface area contributed by atoms with Gasteiger partial charge >= 0.3 is 0 Å². The van der Waals surface area contributed by atoms with E-state index in [1.54, 1.807) is 0 Å². The first kappa shape index (κ1) is 64.0. The van der Waals surface area contributed by atoms with Gasteiger partial charge in [0.05, 0.1) is 89.3 Å². The molecule has 10 heteroatoms. The highest BCUT2D eigenvalue weighted by molar-refractivity contribution is 6.21. The lowest BCUT2D eigenvalue weighted by atomic mass is 9.88. The van der Waals surface area contributed by atoms with E-state index in [9.17, 15) is 0 Å². The third-order valence-corrected chi connectivity index (χ3v) is 22.0. The molecule has 0 aliphatic carbocycles. The van der Waals surface area contributed by atoms with Crippen LogP contribution in [0.25, 0.3) is 231 Å². The van der Waals surface area contributed by atoms with Crippen LogP contribution < -0.4 is 0 Å². The van der Waals surface area contributed by atoms with Gasteiger partial charge in [-0.05, 0) is 176 Å². The molecule has 0 saturated carbocycles. The Bertz CT molecular complexity index is 7810. The van der Waals surface area contributed by atoms with Crippen LogP contribution >= 0.6 is 0 Å². The molecule has 0 aliphatic rings. The van der Waals surface area contributed by atoms with Crippen LogP contribution in [0.3, 0.4) is 0 Å². The number of fused-ring (bicyclic) bond motifs is 15. The van der Waals surface area contributed by atoms with Crippen LogP contribution in [0.2, 0.25) is 0 Å². The van der Waals surface area contributed by atoms with Crippen molar-refractivity contribution in [1.82, 2.24) is 49.8 Å². The molecule has 0 aliphatic heterocycles. The van der Waals surface area contributed by atoms with Gasteiger partial charge in [0.2, 0.25) is 0 Å². The molecule has 23 aromatic rings. The largest absolute Gasteiger partial charge is 0.256 e. The molecular formula is C102H60N10. The molecule has 518 valence electrons. The molecule has 10 aromatic heterocycles. The summed E-state index contributed by atoms with van der Waals surface area (Å²) < 4.78 is 0. The summed E-state index contributed by atoms with van der Waals surface area (Å²) in [4.78, 5) is 49.5. The van der Waals surface area contributed by atoms with Crippen molar-refractivity contribution in [2.75, 3.05) is 0 Å². The Morgan fingerprint density at radius 3 is 0.830 bits per heavy atom. The van der Waals surface area contributed by atoms with Crippen molar-refractivity contribution in [3.63, 3.8) is 0 Å². The van der Waals surface area contributed by atoms with Gasteiger partial charge in [-0.3, -0.25) is 19.9 Å². The summed E-state index contributed by atoms with van der Waals surface area (Å²) in [6.07, 6.45) is 7.35. The number of rotatable bonds is 8. The first-order valence-corrected chi connectivity index (χ1v) is 37.5. The highest BCUT2D eigenvalue weighted by Crippen LogP contribution is 2.45. The van der Waals surface area contributed by atoms with Gasteiger partial charge in [-0.15, -0.1) is 0 Å². The van der Waals surface area contributed by atoms with Crippen molar-refractivity contribution in [3.8, 4) is 89.8 Å². The summed E-state index contributed by atoms with van der Waals surface area (Å²) >= 11 is 0. The second kappa shape index (κ2) is 26.3. The van der Waals surface area contributed by atoms with E-state index in [0.29, 0.717) is 0 Å². The van der Waals surface area contributed by atoms with Crippen LogP contribution in [0.15, 0.2) is 365 Å². The van der Waals surface area contributed by atoms with E-state index >= 15 is 0 Å². The van der Waals surface area contributed by atoms with Crippen LogP contribution in [0.1, 0.15) is 0 Å². The van der Waals surface area contributed by atoms with Gasteiger partial charge in [0.25, 0.3) is 0 Å². The van der Waals surface area contributed by atoms with E-state index in [4.69, 9.17) is 34.9 Å². The quantitative estimate of drug-likeness (QED) is 0.107. The van der Waals surface area contributed by atoms with Crippen molar-refractivity contribution in [2.24, 2.45) is 0 Å². The van der Waals surface area contributed by atoms with Crippen molar-refractivity contribution in [1.29, 1.82) is 0 Å². The molecule has 0 atom stereocenters. The number of para-hydroxylation sites is 2. The summed E-state index contributed by atoms with van der Waals surface area (Å²) in [5.41, 5.74) is 26.1. The predicted octanol–water partition coefficient (Wildman–Crippen LogP) is 25.7. The first-order chi connectivity index (χ1) is 55.4. The Balaban J connectivity index is 0.000000138. The predicted molar refractivity (Wildman–Crippen MR) is 462 cm³/mol. The van der Waals surface area contributed by atoms with E-state index in [2.05, 4.69) is 330 Å². The maximum Gasteiger partial charge on any atom is 0.0972 e. The minimum absolute atomic E-state index is 0.910. The zero-order valence-electron chi connectivity index (χ0n) is 60.1. The number of hydrogen-bond donors (Lipinski definition) is 0. The highest BCUT2D eigenvalue weighted by atomic mass is 14.8. The van der Waals surface area contributed by atoms with Gasteiger partial charge < -0.3 is 0 Å². The first-order valence-electron chi connectivity index (χ1n) is 37.5. The molecule has 112 heavy (non-hydrogen) atoms. The Morgan fingerprint density at radius 2 is 0.420 bits per heavy atom. The van der Waals surface area contributed by atoms with Gasteiger partial charge in [0.15, 0.2) is 0 Å². The SMILES string of the molecule is c1cnc2c(-c3ccc4cc(-c5ccc6nc(-c7c8ccccc8c(-c8ccc9ccc%10cccnc%10c9n8)c8ccccc78)ccc6c5)ccc4n3)cccc2c1.c1cnc2c(-c3ccc4cc(-c5ccc6nc(-c7ccc8cc(-c9ccc%10ccc%11cccnc%11c%10n9)ccc8c7)ccc6c5)ccc4n3)cccc2c1. The molecule has 0 fully saturated rings. The van der Waals surface area contributed by atoms with Gasteiger partial charge in [-0.25, -0.2) is 29.9 Å². The monoisotopic (exact) mass is 1420 g/mol. The normalized spacial score (nSPS) is 11.8. The molecule has 0 amide bonds. The molecule has 13 aromatic carbocycles. The van der Waals surface area contributed by atoms with Gasteiger partial charge in [-0.2, -0.15) is 0 Å². The van der Waals surface area contributed by atoms with Crippen LogP contribution in [0, 0.1) is 0 Å². The smallest absolute Gasteiger partial charge is 0.0972 e. The lowest BCUT2D eigenvalue weighted by Crippen LogP contribution is -1.95. The highest BCUT2D eigenvalue weighted by Gasteiger charge is 2.21. The Morgan fingerprint density at radius 1 is 0.152 bits per heavy atom. The third kappa shape index (κ3) is 11.2. The van der Waals surface area contributed by atoms with Crippen LogP contribution in [-0.4, -0.2) is 49.8 Å². The van der Waals surface area contributed by atoms with Crippen molar-refractivity contribution in [2.45, 2.75) is 0 Å². The number of hydrogen-bond acceptors (Lipinski definition) is 10. The second-order valence-electron chi connectivity index (χ2n) is 28.6. The summed E-state index contributed by atoms with van der Waals surface area (Å²) in [7, 11) is 0. The van der Waals surface area contributed by atoms with E-state index in [-0.39, 0.29) is 0 Å². The van der Waals surface area contributed by atoms with E-state index < -0.39 is 0 Å². The van der Waals surface area contributed by atoms with Crippen LogP contribution in [-0.2, 0) is 0 Å². The lowest BCUT2D eigenvalue weighted by molar-refractivity contribution is 1.37. The topological polar surface area (TPSA) is 129 Å². The summed E-state index contributed by atoms with van der Waals surface area (Å²) in [5, 5.41) is 17.8. The van der Waals surface area contributed by atoms with Crippen LogP contribution in [0.4, 0.5) is 0 Å². The molecule has 0 saturated heterocycles. The lowest BCUT2D eigenvalue weighted by Gasteiger charge is -2.17. The number of benzene rings is 13. The molecule has 0 bridgehead atoms. The fraction of sp³-hybridized carbons (Fsp3) is 0. The molecule has 23 rings (SSSR count). The molecule has 0 N–H and O–H groups in total. The van der Waals surface area contributed by atoms with Crippen LogP contribution in [0.5, 0.6) is 0 Å². The average molecular weight is 1430 g/mol. The minimum atomic E-state index is 0.910. The number of pyridine rings is 10. The van der Waals surface area contributed by atoms with E-state index in [0.717, 1.165) is 231 Å². The van der Waals surface area contributed by atoms with E-state index in [1.807, 2.05) is 49.1 Å². The molecule has 10 nitrogen and oxygen atoms in total. The fourth-order valence-electron chi connectivity index (χ4n) is 16.4. The zero-order chi connectivity index (χ0) is 73.7. The second-order valence-corrected chi connectivity index (χ2v) is 28.6. The van der Waals surface area contributed by atoms with Crippen molar-refractivity contribution >= 4 is 141 Å². The maximum atomic E-state index is 5.33. The molecule has 0 spiro atoms.